The maximum atomic E-state index is 12.2. The van der Waals surface area contributed by atoms with E-state index in [1.165, 1.54) is 0 Å². The van der Waals surface area contributed by atoms with E-state index in [9.17, 15) is 4.79 Å². The summed E-state index contributed by atoms with van der Waals surface area (Å²) in [5.41, 5.74) is 3.23. The van der Waals surface area contributed by atoms with Crippen molar-refractivity contribution < 1.29 is 14.1 Å². The Bertz CT molecular complexity index is 815. The van der Waals surface area contributed by atoms with Crippen molar-refractivity contribution in [2.75, 3.05) is 26.2 Å². The maximum absolute atomic E-state index is 12.2. The molecule has 6 heteroatoms. The summed E-state index contributed by atoms with van der Waals surface area (Å²) in [6.45, 7) is 11.8. The molecular formula is C23H33N3O3. The Morgan fingerprint density at radius 2 is 2.21 bits per heavy atom. The van der Waals surface area contributed by atoms with Crippen LogP contribution < -0.4 is 10.1 Å². The molecule has 29 heavy (non-hydrogen) atoms. The Morgan fingerprint density at radius 3 is 2.97 bits per heavy atom. The van der Waals surface area contributed by atoms with Gasteiger partial charge >= 0.3 is 0 Å². The molecule has 1 saturated heterocycles. The first-order valence-corrected chi connectivity index (χ1v) is 10.6. The van der Waals surface area contributed by atoms with Crippen LogP contribution in [0.15, 0.2) is 28.8 Å². The van der Waals surface area contributed by atoms with Crippen molar-refractivity contribution in [3.63, 3.8) is 0 Å². The van der Waals surface area contributed by atoms with Crippen LogP contribution in [0, 0.1) is 19.8 Å². The molecule has 0 spiro atoms. The van der Waals surface area contributed by atoms with Crippen molar-refractivity contribution >= 4 is 5.91 Å². The van der Waals surface area contributed by atoms with Crippen molar-refractivity contribution in [3.8, 4) is 5.75 Å². The van der Waals surface area contributed by atoms with Gasteiger partial charge in [0.05, 0.1) is 5.69 Å². The largest absolute Gasteiger partial charge is 0.483 e. The number of aryl methyl sites for hydroxylation is 1. The van der Waals surface area contributed by atoms with Gasteiger partial charge in [0.25, 0.3) is 5.91 Å². The molecule has 2 aromatic rings. The highest BCUT2D eigenvalue weighted by atomic mass is 16.5. The topological polar surface area (TPSA) is 67.6 Å². The van der Waals surface area contributed by atoms with E-state index >= 15 is 0 Å². The fourth-order valence-corrected chi connectivity index (χ4v) is 3.70. The lowest BCUT2D eigenvalue weighted by Crippen LogP contribution is -2.41. The Balaban J connectivity index is 1.41. The van der Waals surface area contributed by atoms with Gasteiger partial charge in [-0.25, -0.2) is 0 Å². The van der Waals surface area contributed by atoms with Gasteiger partial charge in [0.2, 0.25) is 0 Å². The first-order chi connectivity index (χ1) is 13.9. The van der Waals surface area contributed by atoms with Crippen LogP contribution in [0.2, 0.25) is 0 Å². The monoisotopic (exact) mass is 399 g/mol. The second-order valence-electron chi connectivity index (χ2n) is 8.41. The van der Waals surface area contributed by atoms with E-state index in [1.54, 1.807) is 0 Å². The van der Waals surface area contributed by atoms with Crippen LogP contribution in [0.4, 0.5) is 0 Å². The molecule has 1 atom stereocenters. The van der Waals surface area contributed by atoms with Crippen molar-refractivity contribution in [2.45, 2.75) is 53.0 Å². The number of nitrogens with one attached hydrogen (secondary N) is 1. The number of benzene rings is 1. The Kier molecular flexibility index (Phi) is 7.31. The smallest absolute Gasteiger partial charge is 0.257 e. The molecule has 0 bridgehead atoms. The van der Waals surface area contributed by atoms with Gasteiger partial charge in [-0.1, -0.05) is 31.1 Å². The zero-order valence-electron chi connectivity index (χ0n) is 18.0. The quantitative estimate of drug-likeness (QED) is 0.731. The number of hydrogen-bond acceptors (Lipinski definition) is 5. The van der Waals surface area contributed by atoms with E-state index in [1.807, 2.05) is 32.0 Å². The predicted octanol–water partition coefficient (Wildman–Crippen LogP) is 3.82. The number of piperidine rings is 1. The molecule has 3 rings (SSSR count). The van der Waals surface area contributed by atoms with Crippen LogP contribution >= 0.6 is 0 Å². The molecule has 0 radical (unpaired) electrons. The third kappa shape index (κ3) is 6.07. The lowest BCUT2D eigenvalue weighted by Gasteiger charge is -2.32. The zero-order valence-corrected chi connectivity index (χ0v) is 18.0. The van der Waals surface area contributed by atoms with Crippen LogP contribution in [-0.2, 0) is 11.3 Å². The summed E-state index contributed by atoms with van der Waals surface area (Å²) in [7, 11) is 0. The standard InChI is InChI=1S/C23H33N3O3/c1-16(2)22-11-20(25-29-22)14-26-10-6-8-19(13-26)12-24-23(27)15-28-21-9-5-7-17(3)18(21)4/h5,7,9,11,16,19H,6,8,10,12-15H2,1-4H3,(H,24,27). The van der Waals surface area contributed by atoms with Gasteiger partial charge in [-0.15, -0.1) is 0 Å². The highest BCUT2D eigenvalue weighted by Crippen LogP contribution is 2.21. The van der Waals surface area contributed by atoms with Gasteiger partial charge in [0, 0.05) is 31.6 Å². The number of nitrogens with zero attached hydrogens (tertiary/aromatic N) is 2. The molecule has 1 amide bonds. The molecule has 0 saturated carbocycles. The number of carbonyl (C=O) groups excluding carboxylic acids is 1. The molecule has 1 fully saturated rings. The molecule has 6 nitrogen and oxygen atoms in total. The number of likely N-dealkylation sites (tertiary alicyclic amines) is 1. The number of ether oxygens (including phenoxy) is 1. The summed E-state index contributed by atoms with van der Waals surface area (Å²) < 4.78 is 11.1. The number of hydrogen-bond donors (Lipinski definition) is 1. The minimum Gasteiger partial charge on any atom is -0.483 e. The van der Waals surface area contributed by atoms with Crippen LogP contribution in [0.3, 0.4) is 0 Å². The Labute approximate surface area is 173 Å². The van der Waals surface area contributed by atoms with Gasteiger partial charge in [0.15, 0.2) is 6.61 Å². The first kappa shape index (κ1) is 21.4. The van der Waals surface area contributed by atoms with Gasteiger partial charge in [-0.05, 0) is 56.3 Å². The number of aromatic nitrogens is 1. The first-order valence-electron chi connectivity index (χ1n) is 10.6. The average Bonchev–Trinajstić information content (AvgIpc) is 3.17. The predicted molar refractivity (Wildman–Crippen MR) is 113 cm³/mol. The van der Waals surface area contributed by atoms with Crippen LogP contribution in [0.25, 0.3) is 0 Å². The van der Waals surface area contributed by atoms with E-state index in [2.05, 4.69) is 35.3 Å². The van der Waals surface area contributed by atoms with Gasteiger partial charge in [-0.2, -0.15) is 0 Å². The normalized spacial score (nSPS) is 17.5. The molecule has 0 aliphatic carbocycles. The average molecular weight is 400 g/mol. The lowest BCUT2D eigenvalue weighted by molar-refractivity contribution is -0.123. The second kappa shape index (κ2) is 9.92. The summed E-state index contributed by atoms with van der Waals surface area (Å²) in [6.07, 6.45) is 2.26. The SMILES string of the molecule is Cc1cccc(OCC(=O)NCC2CCCN(Cc3cc(C(C)C)on3)C2)c1C. The van der Waals surface area contributed by atoms with Crippen molar-refractivity contribution in [1.29, 1.82) is 0 Å². The third-order valence-corrected chi connectivity index (χ3v) is 5.64. The number of rotatable bonds is 8. The molecule has 1 unspecified atom stereocenters. The highest BCUT2D eigenvalue weighted by Gasteiger charge is 2.22. The highest BCUT2D eigenvalue weighted by molar-refractivity contribution is 5.77. The summed E-state index contributed by atoms with van der Waals surface area (Å²) in [5.74, 6) is 2.44. The van der Waals surface area contributed by atoms with Gasteiger partial charge < -0.3 is 14.6 Å². The van der Waals surface area contributed by atoms with Gasteiger partial charge in [-0.3, -0.25) is 9.69 Å². The van der Waals surface area contributed by atoms with Crippen LogP contribution in [-0.4, -0.2) is 42.2 Å². The van der Waals surface area contributed by atoms with Gasteiger partial charge in [0.1, 0.15) is 11.5 Å². The Morgan fingerprint density at radius 1 is 1.38 bits per heavy atom. The third-order valence-electron chi connectivity index (χ3n) is 5.64. The molecule has 2 heterocycles. The molecule has 1 aromatic heterocycles. The summed E-state index contributed by atoms with van der Waals surface area (Å²) >= 11 is 0. The zero-order chi connectivity index (χ0) is 20.8. The Hall–Kier alpha value is -2.34. The molecule has 1 aromatic carbocycles. The van der Waals surface area contributed by atoms with E-state index < -0.39 is 0 Å². The van der Waals surface area contributed by atoms with Crippen LogP contribution in [0.1, 0.15) is 55.2 Å². The summed E-state index contributed by atoms with van der Waals surface area (Å²) in [4.78, 5) is 14.6. The number of amides is 1. The molecule has 1 aliphatic heterocycles. The van der Waals surface area contributed by atoms with E-state index in [4.69, 9.17) is 9.26 Å². The van der Waals surface area contributed by atoms with Crippen molar-refractivity contribution in [2.24, 2.45) is 5.92 Å². The fourth-order valence-electron chi connectivity index (χ4n) is 3.70. The molecule has 1 aliphatic rings. The molecule has 158 valence electrons. The minimum atomic E-state index is -0.0684. The maximum Gasteiger partial charge on any atom is 0.257 e. The summed E-state index contributed by atoms with van der Waals surface area (Å²) in [5, 5.41) is 7.23. The second-order valence-corrected chi connectivity index (χ2v) is 8.41. The van der Waals surface area contributed by atoms with Crippen LogP contribution in [0.5, 0.6) is 5.75 Å². The minimum absolute atomic E-state index is 0.0532. The van der Waals surface area contributed by atoms with E-state index in [-0.39, 0.29) is 12.5 Å². The summed E-state index contributed by atoms with van der Waals surface area (Å²) in [6, 6.07) is 7.95. The molecule has 1 N–H and O–H groups in total. The fraction of sp³-hybridized carbons (Fsp3) is 0.565. The van der Waals surface area contributed by atoms with Crippen molar-refractivity contribution in [3.05, 3.63) is 46.8 Å². The van der Waals surface area contributed by atoms with E-state index in [0.717, 1.165) is 60.8 Å². The number of carbonyl (C=O) groups is 1. The van der Waals surface area contributed by atoms with E-state index in [0.29, 0.717) is 18.4 Å². The van der Waals surface area contributed by atoms with Crippen molar-refractivity contribution in [1.82, 2.24) is 15.4 Å². The molecular weight excluding hydrogens is 366 g/mol. The lowest BCUT2D eigenvalue weighted by atomic mass is 9.98.